The number of amides is 1. The third-order valence-corrected chi connectivity index (χ3v) is 6.84. The second kappa shape index (κ2) is 6.99. The van der Waals surface area contributed by atoms with Crippen LogP contribution in [0.4, 0.5) is 0 Å². The Morgan fingerprint density at radius 2 is 1.32 bits per heavy atom. The molecule has 2 aliphatic rings. The summed E-state index contributed by atoms with van der Waals surface area (Å²) in [6.45, 7) is 0.776. The fraction of sp³-hybridized carbons (Fsp3) is 0.160. The van der Waals surface area contributed by atoms with E-state index in [2.05, 4.69) is 54.6 Å². The summed E-state index contributed by atoms with van der Waals surface area (Å²) in [5.41, 5.74) is 2.50. The molecule has 0 bridgehead atoms. The van der Waals surface area contributed by atoms with Crippen molar-refractivity contribution < 1.29 is 4.79 Å². The number of thioether (sulfide) groups is 1. The first kappa shape index (κ1) is 17.3. The van der Waals surface area contributed by atoms with Crippen LogP contribution in [0.3, 0.4) is 0 Å². The molecule has 1 saturated heterocycles. The number of fused-ring (bicyclic) bond motifs is 1. The number of rotatable bonds is 3. The van der Waals surface area contributed by atoms with Gasteiger partial charge in [0.2, 0.25) is 5.91 Å². The number of carbonyl (C=O) groups excluding carboxylic acids is 1. The second-order valence-electron chi connectivity index (χ2n) is 7.24. The molecule has 3 heteroatoms. The fourth-order valence-corrected chi connectivity index (χ4v) is 5.61. The minimum Gasteiger partial charge on any atom is -0.305 e. The maximum absolute atomic E-state index is 14.2. The SMILES string of the molecule is O=C1N2CCSC2=CC(c2ccccc2)C1(c1ccccc1)c1ccccc1. The van der Waals surface area contributed by atoms with Crippen molar-refractivity contribution in [2.24, 2.45) is 0 Å². The number of hydrogen-bond acceptors (Lipinski definition) is 2. The van der Waals surface area contributed by atoms with Crippen molar-refractivity contribution in [2.75, 3.05) is 12.3 Å². The van der Waals surface area contributed by atoms with E-state index in [1.54, 1.807) is 11.8 Å². The molecule has 1 atom stereocenters. The van der Waals surface area contributed by atoms with Crippen LogP contribution < -0.4 is 0 Å². The van der Waals surface area contributed by atoms with Gasteiger partial charge in [-0.25, -0.2) is 0 Å². The van der Waals surface area contributed by atoms with Gasteiger partial charge in [0.25, 0.3) is 0 Å². The van der Waals surface area contributed by atoms with Gasteiger partial charge in [-0.05, 0) is 22.8 Å². The first-order valence-corrected chi connectivity index (χ1v) is 10.6. The van der Waals surface area contributed by atoms with Gasteiger partial charge in [-0.3, -0.25) is 4.79 Å². The van der Waals surface area contributed by atoms with Crippen LogP contribution in [0.1, 0.15) is 22.6 Å². The Morgan fingerprint density at radius 1 is 0.786 bits per heavy atom. The van der Waals surface area contributed by atoms with Gasteiger partial charge in [0.1, 0.15) is 5.41 Å². The highest BCUT2D eigenvalue weighted by atomic mass is 32.2. The normalized spacial score (nSPS) is 20.6. The zero-order chi connectivity index (χ0) is 19.0. The first-order chi connectivity index (χ1) is 13.8. The Kier molecular flexibility index (Phi) is 4.33. The number of carbonyl (C=O) groups is 1. The van der Waals surface area contributed by atoms with Crippen LogP contribution in [0.2, 0.25) is 0 Å². The Balaban J connectivity index is 1.85. The standard InChI is InChI=1S/C25H21NOS/c27-24-25(20-12-6-2-7-13-20,21-14-8-3-9-15-21)22(19-10-4-1-5-11-19)18-23-26(24)16-17-28-23/h1-15,18,22H,16-17H2. The minimum absolute atomic E-state index is 0.0529. The van der Waals surface area contributed by atoms with E-state index in [4.69, 9.17) is 0 Å². The van der Waals surface area contributed by atoms with Gasteiger partial charge in [-0.1, -0.05) is 91.0 Å². The predicted octanol–water partition coefficient (Wildman–Crippen LogP) is 5.19. The second-order valence-corrected chi connectivity index (χ2v) is 8.35. The summed E-state index contributed by atoms with van der Waals surface area (Å²) in [4.78, 5) is 16.2. The molecule has 2 aliphatic heterocycles. The lowest BCUT2D eigenvalue weighted by Gasteiger charge is -2.45. The zero-order valence-electron chi connectivity index (χ0n) is 15.5. The van der Waals surface area contributed by atoms with Gasteiger partial charge in [-0.2, -0.15) is 0 Å². The number of hydrogen-bond donors (Lipinski definition) is 0. The van der Waals surface area contributed by atoms with Crippen LogP contribution in [0.5, 0.6) is 0 Å². The molecule has 1 fully saturated rings. The van der Waals surface area contributed by atoms with Gasteiger partial charge in [-0.15, -0.1) is 11.8 Å². The van der Waals surface area contributed by atoms with Crippen LogP contribution >= 0.6 is 11.8 Å². The van der Waals surface area contributed by atoms with Crippen molar-refractivity contribution in [1.82, 2.24) is 4.90 Å². The highest BCUT2D eigenvalue weighted by molar-refractivity contribution is 8.03. The van der Waals surface area contributed by atoms with Gasteiger partial charge in [0.05, 0.1) is 5.03 Å². The quantitative estimate of drug-likeness (QED) is 0.621. The van der Waals surface area contributed by atoms with Crippen molar-refractivity contribution >= 4 is 17.7 Å². The van der Waals surface area contributed by atoms with Gasteiger partial charge in [0.15, 0.2) is 0 Å². The van der Waals surface area contributed by atoms with E-state index < -0.39 is 5.41 Å². The van der Waals surface area contributed by atoms with Crippen molar-refractivity contribution in [2.45, 2.75) is 11.3 Å². The van der Waals surface area contributed by atoms with Gasteiger partial charge in [0, 0.05) is 18.2 Å². The van der Waals surface area contributed by atoms with Crippen molar-refractivity contribution in [3.63, 3.8) is 0 Å². The first-order valence-electron chi connectivity index (χ1n) is 9.64. The Labute approximate surface area is 169 Å². The van der Waals surface area contributed by atoms with Crippen molar-refractivity contribution in [3.8, 4) is 0 Å². The molecular weight excluding hydrogens is 362 g/mol. The van der Waals surface area contributed by atoms with Gasteiger partial charge < -0.3 is 4.90 Å². The Hall–Kier alpha value is -2.78. The van der Waals surface area contributed by atoms with Crippen LogP contribution in [-0.2, 0) is 10.2 Å². The van der Waals surface area contributed by atoms with E-state index >= 15 is 0 Å². The van der Waals surface area contributed by atoms with E-state index in [-0.39, 0.29) is 11.8 Å². The molecule has 0 saturated carbocycles. The summed E-state index contributed by atoms with van der Waals surface area (Å²) in [6.07, 6.45) is 2.31. The van der Waals surface area contributed by atoms with Crippen LogP contribution in [0.15, 0.2) is 102 Å². The smallest absolute Gasteiger partial charge is 0.243 e. The summed E-state index contributed by atoms with van der Waals surface area (Å²) in [5.74, 6) is 1.09. The molecule has 1 amide bonds. The summed E-state index contributed by atoms with van der Waals surface area (Å²) < 4.78 is 0. The lowest BCUT2D eigenvalue weighted by molar-refractivity contribution is -0.134. The van der Waals surface area contributed by atoms with Crippen molar-refractivity contribution in [1.29, 1.82) is 0 Å². The molecule has 0 radical (unpaired) electrons. The molecule has 28 heavy (non-hydrogen) atoms. The number of benzene rings is 3. The maximum atomic E-state index is 14.2. The fourth-order valence-electron chi connectivity index (χ4n) is 4.56. The highest BCUT2D eigenvalue weighted by Crippen LogP contribution is 2.52. The Morgan fingerprint density at radius 3 is 1.89 bits per heavy atom. The van der Waals surface area contributed by atoms with E-state index in [0.717, 1.165) is 28.5 Å². The minimum atomic E-state index is -0.766. The Bertz CT molecular complexity index is 975. The van der Waals surface area contributed by atoms with E-state index in [9.17, 15) is 4.79 Å². The summed E-state index contributed by atoms with van der Waals surface area (Å²) in [5, 5.41) is 1.10. The van der Waals surface area contributed by atoms with E-state index in [1.165, 1.54) is 5.56 Å². The average Bonchev–Trinajstić information content (AvgIpc) is 3.25. The third kappa shape index (κ3) is 2.54. The molecule has 3 aromatic rings. The molecular formula is C25H21NOS. The maximum Gasteiger partial charge on any atom is 0.243 e. The van der Waals surface area contributed by atoms with E-state index in [1.807, 2.05) is 47.4 Å². The lowest BCUT2D eigenvalue weighted by atomic mass is 9.61. The predicted molar refractivity (Wildman–Crippen MR) is 115 cm³/mol. The molecule has 0 aliphatic carbocycles. The molecule has 3 aromatic carbocycles. The summed E-state index contributed by atoms with van der Waals surface area (Å²) in [7, 11) is 0. The largest absolute Gasteiger partial charge is 0.305 e. The topological polar surface area (TPSA) is 20.3 Å². The molecule has 0 aromatic heterocycles. The van der Waals surface area contributed by atoms with Gasteiger partial charge >= 0.3 is 0 Å². The number of allylic oxidation sites excluding steroid dienone is 1. The summed E-state index contributed by atoms with van der Waals surface area (Å²) >= 11 is 1.79. The molecule has 0 N–H and O–H groups in total. The van der Waals surface area contributed by atoms with Crippen LogP contribution in [0, 0.1) is 0 Å². The molecule has 2 nitrogen and oxygen atoms in total. The lowest BCUT2D eigenvalue weighted by Crippen LogP contribution is -2.52. The summed E-state index contributed by atoms with van der Waals surface area (Å²) in [6, 6.07) is 31.0. The van der Waals surface area contributed by atoms with Crippen LogP contribution in [0.25, 0.3) is 0 Å². The van der Waals surface area contributed by atoms with Crippen molar-refractivity contribution in [3.05, 3.63) is 119 Å². The molecule has 0 spiro atoms. The zero-order valence-corrected chi connectivity index (χ0v) is 16.3. The average molecular weight is 384 g/mol. The third-order valence-electron chi connectivity index (χ3n) is 5.81. The van der Waals surface area contributed by atoms with E-state index in [0.29, 0.717) is 0 Å². The molecule has 1 unspecified atom stereocenters. The molecule has 5 rings (SSSR count). The molecule has 138 valence electrons. The molecule has 2 heterocycles. The number of nitrogens with zero attached hydrogens (tertiary/aromatic N) is 1. The monoisotopic (exact) mass is 383 g/mol. The highest BCUT2D eigenvalue weighted by Gasteiger charge is 2.54. The van der Waals surface area contributed by atoms with Crippen LogP contribution in [-0.4, -0.2) is 23.1 Å².